The predicted octanol–water partition coefficient (Wildman–Crippen LogP) is 4.33. The molecule has 9 heteroatoms. The molecule has 1 aliphatic heterocycles. The number of nitrogen functional groups attached to an aromatic ring is 1. The van der Waals surface area contributed by atoms with E-state index in [4.69, 9.17) is 19.9 Å². The molecule has 1 aromatic carbocycles. The summed E-state index contributed by atoms with van der Waals surface area (Å²) >= 11 is 0. The first kappa shape index (κ1) is 26.2. The monoisotopic (exact) mass is 533 g/mol. The molecule has 0 bridgehead atoms. The van der Waals surface area contributed by atoms with E-state index in [1.807, 2.05) is 50.2 Å². The number of ether oxygens (including phenoxy) is 3. The number of fused-ring (bicyclic) bond motifs is 2. The molecule has 0 amide bonds. The Labute approximate surface area is 229 Å². The molecule has 3 aliphatic rings. The van der Waals surface area contributed by atoms with Gasteiger partial charge >= 0.3 is 5.97 Å². The standard InChI is InChI=1S/C30H39N5O4/c1-30(2)38-26-21(15-24(27(26)39-30)35-12-11-23-28(31)32-18-33-29(23)35)16-34(3)22-13-20(14-22)9-10-25(36)37-17-19-7-5-4-6-8-19/h4-8,11-12,18,20-22,24,26-27H,9-10,13-17H2,1-3H3,(H2,31,32,33)/t20?,21-,22?,24-,26-,27+/m1/s1. The van der Waals surface area contributed by atoms with Gasteiger partial charge in [-0.2, -0.15) is 0 Å². The number of rotatable bonds is 9. The molecule has 6 rings (SSSR count). The number of hydrogen-bond donors (Lipinski definition) is 1. The number of carbonyl (C=O) groups is 1. The normalized spacial score (nSPS) is 29.4. The largest absolute Gasteiger partial charge is 0.461 e. The Kier molecular flexibility index (Phi) is 7.07. The van der Waals surface area contributed by atoms with Gasteiger partial charge in [0.05, 0.1) is 17.5 Å². The van der Waals surface area contributed by atoms with Gasteiger partial charge in [-0.05, 0) is 64.1 Å². The van der Waals surface area contributed by atoms with E-state index in [-0.39, 0.29) is 24.2 Å². The highest BCUT2D eigenvalue weighted by atomic mass is 16.8. The van der Waals surface area contributed by atoms with E-state index in [0.29, 0.717) is 36.7 Å². The van der Waals surface area contributed by atoms with Gasteiger partial charge in [0.25, 0.3) is 0 Å². The Bertz CT molecular complexity index is 1310. The Morgan fingerprint density at radius 1 is 1.13 bits per heavy atom. The number of nitrogens with zero attached hydrogens (tertiary/aromatic N) is 4. The van der Waals surface area contributed by atoms with E-state index < -0.39 is 5.79 Å². The van der Waals surface area contributed by atoms with Crippen LogP contribution in [-0.4, -0.2) is 63.0 Å². The SMILES string of the molecule is CN(C[C@H]1C[C@@H](n2ccc3c(N)ncnc32)[C@@H]2OC(C)(C)O[C@H]12)C1CC(CCC(=O)OCc2ccccc2)C1. The maximum absolute atomic E-state index is 12.2. The van der Waals surface area contributed by atoms with Gasteiger partial charge in [-0.15, -0.1) is 0 Å². The second-order valence-electron chi connectivity index (χ2n) is 12.0. The highest BCUT2D eigenvalue weighted by Crippen LogP contribution is 2.48. The number of esters is 1. The van der Waals surface area contributed by atoms with Gasteiger partial charge in [0.1, 0.15) is 30.5 Å². The summed E-state index contributed by atoms with van der Waals surface area (Å²) in [5, 5.41) is 0.872. The van der Waals surface area contributed by atoms with Crippen molar-refractivity contribution in [2.75, 3.05) is 19.3 Å². The van der Waals surface area contributed by atoms with E-state index >= 15 is 0 Å². The van der Waals surface area contributed by atoms with E-state index in [9.17, 15) is 4.79 Å². The summed E-state index contributed by atoms with van der Waals surface area (Å²) in [7, 11) is 2.22. The molecule has 2 aliphatic carbocycles. The van der Waals surface area contributed by atoms with Crippen LogP contribution in [-0.2, 0) is 25.6 Å². The second-order valence-corrected chi connectivity index (χ2v) is 12.0. The first-order valence-electron chi connectivity index (χ1n) is 14.1. The van der Waals surface area contributed by atoms with Crippen molar-refractivity contribution >= 4 is 22.8 Å². The summed E-state index contributed by atoms with van der Waals surface area (Å²) < 4.78 is 20.5. The minimum Gasteiger partial charge on any atom is -0.461 e. The molecule has 2 N–H and O–H groups in total. The molecular formula is C30H39N5O4. The van der Waals surface area contributed by atoms with Gasteiger partial charge < -0.3 is 29.4 Å². The summed E-state index contributed by atoms with van der Waals surface area (Å²) in [5.41, 5.74) is 7.97. The van der Waals surface area contributed by atoms with Gasteiger partial charge in [-0.25, -0.2) is 9.97 Å². The molecule has 0 spiro atoms. The Morgan fingerprint density at radius 2 is 1.90 bits per heavy atom. The van der Waals surface area contributed by atoms with Gasteiger partial charge in [-0.3, -0.25) is 4.79 Å². The molecule has 208 valence electrons. The summed E-state index contributed by atoms with van der Waals surface area (Å²) in [6.07, 6.45) is 8.14. The van der Waals surface area contributed by atoms with Crippen LogP contribution < -0.4 is 5.73 Å². The molecule has 0 unspecified atom stereocenters. The number of hydrogen-bond acceptors (Lipinski definition) is 8. The van der Waals surface area contributed by atoms with Crippen LogP contribution >= 0.6 is 0 Å². The molecule has 2 saturated carbocycles. The third-order valence-electron chi connectivity index (χ3n) is 8.81. The molecule has 0 radical (unpaired) electrons. The molecule has 39 heavy (non-hydrogen) atoms. The molecule has 3 fully saturated rings. The molecule has 9 nitrogen and oxygen atoms in total. The lowest BCUT2D eigenvalue weighted by molar-refractivity contribution is -0.161. The van der Waals surface area contributed by atoms with Crippen LogP contribution in [0.2, 0.25) is 0 Å². The first-order chi connectivity index (χ1) is 18.8. The van der Waals surface area contributed by atoms with Crippen LogP contribution in [0.5, 0.6) is 0 Å². The average molecular weight is 534 g/mol. The Balaban J connectivity index is 1.02. The topological polar surface area (TPSA) is 105 Å². The highest BCUT2D eigenvalue weighted by molar-refractivity contribution is 5.86. The van der Waals surface area contributed by atoms with Gasteiger partial charge in [0.2, 0.25) is 0 Å². The van der Waals surface area contributed by atoms with Crippen molar-refractivity contribution in [2.45, 2.75) is 82.6 Å². The van der Waals surface area contributed by atoms with Gasteiger partial charge in [0, 0.05) is 31.1 Å². The molecule has 3 aromatic rings. The summed E-state index contributed by atoms with van der Waals surface area (Å²) in [5.74, 6) is 0.697. The fraction of sp³-hybridized carbons (Fsp3) is 0.567. The molecule has 3 heterocycles. The maximum atomic E-state index is 12.2. The van der Waals surface area contributed by atoms with E-state index in [0.717, 1.165) is 48.8 Å². The van der Waals surface area contributed by atoms with E-state index in [1.54, 1.807) is 0 Å². The van der Waals surface area contributed by atoms with Crippen LogP contribution in [0.3, 0.4) is 0 Å². The highest BCUT2D eigenvalue weighted by Gasteiger charge is 2.55. The third kappa shape index (κ3) is 5.40. The van der Waals surface area contributed by atoms with Crippen molar-refractivity contribution in [2.24, 2.45) is 11.8 Å². The maximum Gasteiger partial charge on any atom is 0.306 e. The summed E-state index contributed by atoms with van der Waals surface area (Å²) in [6.45, 7) is 5.29. The van der Waals surface area contributed by atoms with Crippen molar-refractivity contribution in [1.29, 1.82) is 0 Å². The molecule has 2 aromatic heterocycles. The van der Waals surface area contributed by atoms with E-state index in [2.05, 4.69) is 32.7 Å². The Hall–Kier alpha value is -3.01. The smallest absolute Gasteiger partial charge is 0.306 e. The van der Waals surface area contributed by atoms with Crippen molar-refractivity contribution < 1.29 is 19.0 Å². The minimum atomic E-state index is -0.613. The van der Waals surface area contributed by atoms with Gasteiger partial charge in [-0.1, -0.05) is 30.3 Å². The van der Waals surface area contributed by atoms with Gasteiger partial charge in [0.15, 0.2) is 5.79 Å². The predicted molar refractivity (Wildman–Crippen MR) is 148 cm³/mol. The third-order valence-corrected chi connectivity index (χ3v) is 8.81. The minimum absolute atomic E-state index is 0.0272. The van der Waals surface area contributed by atoms with Crippen molar-refractivity contribution in [3.05, 3.63) is 54.5 Å². The lowest BCUT2D eigenvalue weighted by Crippen LogP contribution is -2.46. The fourth-order valence-electron chi connectivity index (χ4n) is 6.71. The number of carbonyl (C=O) groups excluding carboxylic acids is 1. The number of aromatic nitrogens is 3. The summed E-state index contributed by atoms with van der Waals surface area (Å²) in [4.78, 5) is 23.4. The van der Waals surface area contributed by atoms with Crippen LogP contribution in [0.4, 0.5) is 5.82 Å². The zero-order valence-corrected chi connectivity index (χ0v) is 23.0. The van der Waals surface area contributed by atoms with E-state index in [1.165, 1.54) is 6.33 Å². The molecular weight excluding hydrogens is 494 g/mol. The zero-order valence-electron chi connectivity index (χ0n) is 23.0. The van der Waals surface area contributed by atoms with Crippen LogP contribution in [0.15, 0.2) is 48.9 Å². The lowest BCUT2D eigenvalue weighted by Gasteiger charge is -2.42. The fourth-order valence-corrected chi connectivity index (χ4v) is 6.71. The van der Waals surface area contributed by atoms with Crippen molar-refractivity contribution in [3.8, 4) is 0 Å². The first-order valence-corrected chi connectivity index (χ1v) is 14.1. The Morgan fingerprint density at radius 3 is 2.69 bits per heavy atom. The zero-order chi connectivity index (χ0) is 27.1. The molecule has 1 saturated heterocycles. The number of benzene rings is 1. The number of anilines is 1. The summed E-state index contributed by atoms with van der Waals surface area (Å²) in [6, 6.07) is 12.5. The van der Waals surface area contributed by atoms with Crippen LogP contribution in [0.25, 0.3) is 11.0 Å². The average Bonchev–Trinajstić information content (AvgIpc) is 3.54. The molecule has 4 atom stereocenters. The van der Waals surface area contributed by atoms with Crippen molar-refractivity contribution in [3.63, 3.8) is 0 Å². The van der Waals surface area contributed by atoms with Crippen molar-refractivity contribution in [1.82, 2.24) is 19.4 Å². The second kappa shape index (κ2) is 10.5. The van der Waals surface area contributed by atoms with Crippen LogP contribution in [0, 0.1) is 11.8 Å². The quantitative estimate of drug-likeness (QED) is 0.406. The lowest BCUT2D eigenvalue weighted by atomic mass is 9.76. The van der Waals surface area contributed by atoms with Crippen LogP contribution in [0.1, 0.15) is 57.6 Å². The number of nitrogens with two attached hydrogens (primary N) is 1.